The lowest BCUT2D eigenvalue weighted by molar-refractivity contribution is -0.138. The van der Waals surface area contributed by atoms with Crippen molar-refractivity contribution in [1.82, 2.24) is 10.2 Å². The van der Waals surface area contributed by atoms with E-state index in [1.54, 1.807) is 5.51 Å². The lowest BCUT2D eigenvalue weighted by Gasteiger charge is -2.18. The minimum Gasteiger partial charge on any atom is -0.468 e. The largest absolute Gasteiger partial charge is 0.468 e. The monoisotopic (exact) mass is 215 g/mol. The number of carbonyl (C=O) groups is 1. The average Bonchev–Trinajstić information content (AvgIpc) is 2.69. The number of nitrogens with zero attached hydrogens (tertiary/aromatic N) is 3. The van der Waals surface area contributed by atoms with Gasteiger partial charge in [0.05, 0.1) is 7.11 Å². The van der Waals surface area contributed by atoms with Gasteiger partial charge in [0, 0.05) is 6.54 Å². The van der Waals surface area contributed by atoms with E-state index in [9.17, 15) is 4.79 Å². The number of rotatable bonds is 5. The molecule has 0 saturated carbocycles. The summed E-state index contributed by atoms with van der Waals surface area (Å²) in [4.78, 5) is 12.9. The summed E-state index contributed by atoms with van der Waals surface area (Å²) < 4.78 is 4.60. The Hall–Kier alpha value is -1.17. The van der Waals surface area contributed by atoms with Crippen molar-refractivity contribution in [3.05, 3.63) is 5.51 Å². The first-order valence-electron chi connectivity index (χ1n) is 4.35. The first kappa shape index (κ1) is 10.9. The van der Waals surface area contributed by atoms with Gasteiger partial charge in [-0.15, -0.1) is 10.2 Å². The molecule has 1 aromatic heterocycles. The van der Waals surface area contributed by atoms with Crippen LogP contribution in [0.1, 0.15) is 13.3 Å². The van der Waals surface area contributed by atoms with Gasteiger partial charge >= 0.3 is 5.97 Å². The zero-order valence-corrected chi connectivity index (χ0v) is 9.08. The first-order valence-corrected chi connectivity index (χ1v) is 5.23. The second kappa shape index (κ2) is 5.54. The van der Waals surface area contributed by atoms with Gasteiger partial charge in [0.15, 0.2) is 0 Å². The highest BCUT2D eigenvalue weighted by Crippen LogP contribution is 2.15. The van der Waals surface area contributed by atoms with E-state index in [0.717, 1.165) is 18.1 Å². The molecule has 0 bridgehead atoms. The Kier molecular flexibility index (Phi) is 4.31. The SMILES string of the molecule is CCCN(CC(=O)OC)c1nncs1. The summed E-state index contributed by atoms with van der Waals surface area (Å²) in [6, 6.07) is 0. The summed E-state index contributed by atoms with van der Waals surface area (Å²) in [5, 5.41) is 8.40. The van der Waals surface area contributed by atoms with Crippen molar-refractivity contribution in [3.63, 3.8) is 0 Å². The molecular weight excluding hydrogens is 202 g/mol. The summed E-state index contributed by atoms with van der Waals surface area (Å²) in [5.41, 5.74) is 1.65. The second-order valence-electron chi connectivity index (χ2n) is 2.72. The van der Waals surface area contributed by atoms with Gasteiger partial charge in [-0.2, -0.15) is 0 Å². The van der Waals surface area contributed by atoms with Crippen LogP contribution in [0.2, 0.25) is 0 Å². The van der Waals surface area contributed by atoms with Crippen LogP contribution in [0.25, 0.3) is 0 Å². The van der Waals surface area contributed by atoms with Crippen LogP contribution in [-0.2, 0) is 9.53 Å². The molecule has 1 aromatic rings. The van der Waals surface area contributed by atoms with E-state index in [4.69, 9.17) is 0 Å². The van der Waals surface area contributed by atoms with Crippen molar-refractivity contribution in [2.24, 2.45) is 0 Å². The molecule has 0 fully saturated rings. The second-order valence-corrected chi connectivity index (χ2v) is 3.53. The topological polar surface area (TPSA) is 55.3 Å². The summed E-state index contributed by atoms with van der Waals surface area (Å²) in [5.74, 6) is -0.256. The molecule has 0 atom stereocenters. The summed E-state index contributed by atoms with van der Waals surface area (Å²) in [6.45, 7) is 3.06. The zero-order valence-electron chi connectivity index (χ0n) is 8.27. The lowest BCUT2D eigenvalue weighted by Crippen LogP contribution is -2.31. The molecule has 0 aliphatic heterocycles. The third kappa shape index (κ3) is 2.95. The highest BCUT2D eigenvalue weighted by atomic mass is 32.1. The van der Waals surface area contributed by atoms with Crippen LogP contribution < -0.4 is 4.90 Å². The van der Waals surface area contributed by atoms with Crippen LogP contribution in [-0.4, -0.2) is 36.4 Å². The molecule has 14 heavy (non-hydrogen) atoms. The molecule has 0 radical (unpaired) electrons. The van der Waals surface area contributed by atoms with E-state index >= 15 is 0 Å². The maximum atomic E-state index is 11.1. The fourth-order valence-corrected chi connectivity index (χ4v) is 1.63. The number of anilines is 1. The third-order valence-corrected chi connectivity index (χ3v) is 2.41. The van der Waals surface area contributed by atoms with Gasteiger partial charge in [0.1, 0.15) is 12.1 Å². The molecule has 0 aromatic carbocycles. The van der Waals surface area contributed by atoms with Crippen LogP contribution in [0.15, 0.2) is 5.51 Å². The number of methoxy groups -OCH3 is 1. The van der Waals surface area contributed by atoms with Gasteiger partial charge in [-0.25, -0.2) is 0 Å². The fourth-order valence-electron chi connectivity index (χ4n) is 1.04. The normalized spacial score (nSPS) is 9.86. The van der Waals surface area contributed by atoms with E-state index in [2.05, 4.69) is 14.9 Å². The van der Waals surface area contributed by atoms with Crippen LogP contribution in [0, 0.1) is 0 Å². The van der Waals surface area contributed by atoms with Crippen molar-refractivity contribution in [1.29, 1.82) is 0 Å². The number of ether oxygens (including phenoxy) is 1. The molecule has 0 aliphatic carbocycles. The van der Waals surface area contributed by atoms with Crippen LogP contribution in [0.4, 0.5) is 5.13 Å². The van der Waals surface area contributed by atoms with Crippen LogP contribution in [0.3, 0.4) is 0 Å². The van der Waals surface area contributed by atoms with Crippen LogP contribution in [0.5, 0.6) is 0 Å². The maximum Gasteiger partial charge on any atom is 0.325 e. The van der Waals surface area contributed by atoms with Gasteiger partial charge in [0.2, 0.25) is 5.13 Å². The van der Waals surface area contributed by atoms with E-state index < -0.39 is 0 Å². The molecule has 6 heteroatoms. The molecular formula is C8H13N3O2S. The van der Waals surface area contributed by atoms with E-state index in [0.29, 0.717) is 0 Å². The lowest BCUT2D eigenvalue weighted by atomic mass is 10.4. The van der Waals surface area contributed by atoms with E-state index in [-0.39, 0.29) is 12.5 Å². The van der Waals surface area contributed by atoms with Gasteiger partial charge in [-0.05, 0) is 6.42 Å². The first-order chi connectivity index (χ1) is 6.77. The summed E-state index contributed by atoms with van der Waals surface area (Å²) in [7, 11) is 1.38. The smallest absolute Gasteiger partial charge is 0.325 e. The molecule has 0 saturated heterocycles. The minimum absolute atomic E-state index is 0.236. The highest BCUT2D eigenvalue weighted by Gasteiger charge is 2.13. The fraction of sp³-hybridized carbons (Fsp3) is 0.625. The molecule has 0 spiro atoms. The number of esters is 1. The molecule has 1 rings (SSSR count). The third-order valence-electron chi connectivity index (χ3n) is 1.66. The van der Waals surface area contributed by atoms with Gasteiger partial charge in [-0.3, -0.25) is 4.79 Å². The van der Waals surface area contributed by atoms with Crippen molar-refractivity contribution in [2.45, 2.75) is 13.3 Å². The maximum absolute atomic E-state index is 11.1. The van der Waals surface area contributed by atoms with Crippen molar-refractivity contribution < 1.29 is 9.53 Å². The predicted octanol–water partition coefficient (Wildman–Crippen LogP) is 0.927. The Morgan fingerprint density at radius 2 is 2.50 bits per heavy atom. The Morgan fingerprint density at radius 1 is 1.71 bits per heavy atom. The molecule has 0 N–H and O–H groups in total. The van der Waals surface area contributed by atoms with Gasteiger partial charge in [0.25, 0.3) is 0 Å². The molecule has 1 heterocycles. The highest BCUT2D eigenvalue weighted by molar-refractivity contribution is 7.13. The van der Waals surface area contributed by atoms with Crippen molar-refractivity contribution in [3.8, 4) is 0 Å². The summed E-state index contributed by atoms with van der Waals surface area (Å²) in [6.07, 6.45) is 0.955. The Balaban J connectivity index is 2.60. The van der Waals surface area contributed by atoms with E-state index in [1.807, 2.05) is 11.8 Å². The molecule has 78 valence electrons. The van der Waals surface area contributed by atoms with Crippen LogP contribution >= 0.6 is 11.3 Å². The molecule has 0 unspecified atom stereocenters. The van der Waals surface area contributed by atoms with Gasteiger partial charge < -0.3 is 9.64 Å². The zero-order chi connectivity index (χ0) is 10.4. The molecule has 0 amide bonds. The minimum atomic E-state index is -0.256. The number of carbonyl (C=O) groups excluding carboxylic acids is 1. The number of hydrogen-bond acceptors (Lipinski definition) is 6. The number of hydrogen-bond donors (Lipinski definition) is 0. The quantitative estimate of drug-likeness (QED) is 0.684. The average molecular weight is 215 g/mol. The Morgan fingerprint density at radius 3 is 3.00 bits per heavy atom. The van der Waals surface area contributed by atoms with E-state index in [1.165, 1.54) is 18.4 Å². The Labute approximate surface area is 86.7 Å². The molecule has 0 aliphatic rings. The summed E-state index contributed by atoms with van der Waals surface area (Å²) >= 11 is 1.42. The van der Waals surface area contributed by atoms with Crippen molar-refractivity contribution >= 4 is 22.4 Å². The van der Waals surface area contributed by atoms with Gasteiger partial charge in [-0.1, -0.05) is 18.3 Å². The standard InChI is InChI=1S/C8H13N3O2S/c1-3-4-11(5-7(12)13-2)8-10-9-6-14-8/h6H,3-5H2,1-2H3. The molecule has 5 nitrogen and oxygen atoms in total. The Bertz CT molecular complexity index is 276. The number of aromatic nitrogens is 2. The predicted molar refractivity (Wildman–Crippen MR) is 54.4 cm³/mol. The van der Waals surface area contributed by atoms with Crippen molar-refractivity contribution in [2.75, 3.05) is 25.1 Å².